The second-order valence-corrected chi connectivity index (χ2v) is 7.22. The van der Waals surface area contributed by atoms with Crippen LogP contribution in [0.25, 0.3) is 0 Å². The van der Waals surface area contributed by atoms with Crippen LogP contribution >= 0.6 is 0 Å². The van der Waals surface area contributed by atoms with Gasteiger partial charge in [-0.1, -0.05) is 0 Å². The molecule has 146 valence electrons. The van der Waals surface area contributed by atoms with Gasteiger partial charge < -0.3 is 20.1 Å². The molecule has 2 N–H and O–H groups in total. The van der Waals surface area contributed by atoms with Crippen molar-refractivity contribution in [2.24, 2.45) is 5.92 Å². The van der Waals surface area contributed by atoms with Crippen LogP contribution in [0.3, 0.4) is 0 Å². The highest BCUT2D eigenvalue weighted by Crippen LogP contribution is 2.20. The number of carboxylic acid groups (broad SMARTS) is 1. The second-order valence-electron chi connectivity index (χ2n) is 7.22. The van der Waals surface area contributed by atoms with Crippen molar-refractivity contribution >= 4 is 23.5 Å². The highest BCUT2D eigenvalue weighted by molar-refractivity contribution is 5.96. The largest absolute Gasteiger partial charge is 0.481 e. The Balaban J connectivity index is 1.50. The molecule has 27 heavy (non-hydrogen) atoms. The van der Waals surface area contributed by atoms with E-state index in [1.54, 1.807) is 29.2 Å². The molecule has 0 aliphatic carbocycles. The minimum absolute atomic E-state index is 0.00618. The number of likely N-dealkylation sites (tertiary alicyclic amines) is 1. The first kappa shape index (κ1) is 19.4. The first-order chi connectivity index (χ1) is 13.0. The molecule has 2 saturated heterocycles. The zero-order valence-electron chi connectivity index (χ0n) is 15.4. The van der Waals surface area contributed by atoms with Gasteiger partial charge >= 0.3 is 5.97 Å². The topological polar surface area (TPSA) is 95.9 Å². The molecule has 1 unspecified atom stereocenters. The fourth-order valence-corrected chi connectivity index (χ4v) is 3.60. The summed E-state index contributed by atoms with van der Waals surface area (Å²) in [5.41, 5.74) is 1.19. The van der Waals surface area contributed by atoms with Gasteiger partial charge in [0.1, 0.15) is 0 Å². The third-order valence-corrected chi connectivity index (χ3v) is 5.23. The van der Waals surface area contributed by atoms with Gasteiger partial charge in [-0.15, -0.1) is 0 Å². The molecule has 7 heteroatoms. The Hall–Kier alpha value is -2.41. The highest BCUT2D eigenvalue weighted by Gasteiger charge is 2.27. The number of aliphatic carboxylic acids is 1. The molecule has 0 saturated carbocycles. The molecule has 0 spiro atoms. The molecule has 1 aromatic carbocycles. The molecule has 0 radical (unpaired) electrons. The van der Waals surface area contributed by atoms with E-state index in [1.807, 2.05) is 0 Å². The fourth-order valence-electron chi connectivity index (χ4n) is 3.60. The Morgan fingerprint density at radius 1 is 1.07 bits per heavy atom. The van der Waals surface area contributed by atoms with Crippen molar-refractivity contribution in [1.82, 2.24) is 4.90 Å². The summed E-state index contributed by atoms with van der Waals surface area (Å²) >= 11 is 0. The summed E-state index contributed by atoms with van der Waals surface area (Å²) in [6.07, 6.45) is 4.38. The number of carbonyl (C=O) groups excluding carboxylic acids is 2. The Morgan fingerprint density at radius 2 is 1.78 bits per heavy atom. The monoisotopic (exact) mass is 374 g/mol. The third kappa shape index (κ3) is 5.29. The van der Waals surface area contributed by atoms with Crippen LogP contribution in [-0.4, -0.2) is 53.6 Å². The second kappa shape index (κ2) is 8.99. The maximum absolute atomic E-state index is 12.5. The van der Waals surface area contributed by atoms with E-state index >= 15 is 0 Å². The normalized spacial score (nSPS) is 20.9. The van der Waals surface area contributed by atoms with Gasteiger partial charge in [0, 0.05) is 30.9 Å². The number of hydrogen-bond acceptors (Lipinski definition) is 4. The van der Waals surface area contributed by atoms with E-state index in [0.29, 0.717) is 43.6 Å². The number of rotatable bonds is 5. The minimum atomic E-state index is -0.791. The number of carbonyl (C=O) groups is 3. The Kier molecular flexibility index (Phi) is 6.45. The first-order valence-corrected chi connectivity index (χ1v) is 9.56. The third-order valence-electron chi connectivity index (χ3n) is 5.23. The molecule has 0 aromatic heterocycles. The average molecular weight is 374 g/mol. The quantitative estimate of drug-likeness (QED) is 0.826. The van der Waals surface area contributed by atoms with Crippen LogP contribution in [0, 0.1) is 5.92 Å². The number of benzene rings is 1. The summed E-state index contributed by atoms with van der Waals surface area (Å²) < 4.78 is 5.58. The molecule has 7 nitrogen and oxygen atoms in total. The van der Waals surface area contributed by atoms with Crippen molar-refractivity contribution in [3.05, 3.63) is 29.8 Å². The Morgan fingerprint density at radius 3 is 2.37 bits per heavy atom. The SMILES string of the molecule is O=C(CC1CCCCO1)Nc1ccc(C(=O)N2CCC(C(=O)O)CC2)cc1. The number of anilines is 1. The predicted molar refractivity (Wildman–Crippen MR) is 99.5 cm³/mol. The predicted octanol–water partition coefficient (Wildman–Crippen LogP) is 2.52. The van der Waals surface area contributed by atoms with Gasteiger partial charge in [-0.2, -0.15) is 0 Å². The lowest BCUT2D eigenvalue weighted by molar-refractivity contribution is -0.143. The standard InChI is InChI=1S/C20H26N2O5/c23-18(13-17-3-1-2-12-27-17)21-16-6-4-14(5-7-16)19(24)22-10-8-15(9-11-22)20(25)26/h4-7,15,17H,1-3,8-13H2,(H,21,23)(H,25,26). The van der Waals surface area contributed by atoms with Gasteiger partial charge in [0.2, 0.25) is 5.91 Å². The summed E-state index contributed by atoms with van der Waals surface area (Å²) in [6, 6.07) is 6.82. The molecule has 1 aromatic rings. The van der Waals surface area contributed by atoms with Crippen molar-refractivity contribution < 1.29 is 24.2 Å². The molecule has 2 aliphatic heterocycles. The molecular formula is C20H26N2O5. The first-order valence-electron chi connectivity index (χ1n) is 9.56. The van der Waals surface area contributed by atoms with Crippen molar-refractivity contribution in [2.45, 2.75) is 44.6 Å². The van der Waals surface area contributed by atoms with Crippen molar-refractivity contribution in [2.75, 3.05) is 25.0 Å². The highest BCUT2D eigenvalue weighted by atomic mass is 16.5. The van der Waals surface area contributed by atoms with Crippen LogP contribution in [0.1, 0.15) is 48.9 Å². The summed E-state index contributed by atoms with van der Waals surface area (Å²) in [7, 11) is 0. The molecule has 0 bridgehead atoms. The molecule has 2 amide bonds. The molecule has 2 heterocycles. The summed E-state index contributed by atoms with van der Waals surface area (Å²) in [6.45, 7) is 1.63. The van der Waals surface area contributed by atoms with Gasteiger partial charge in [0.15, 0.2) is 0 Å². The van der Waals surface area contributed by atoms with Gasteiger partial charge in [-0.05, 0) is 56.4 Å². The number of ether oxygens (including phenoxy) is 1. The van der Waals surface area contributed by atoms with E-state index in [1.165, 1.54) is 0 Å². The number of piperidine rings is 1. The van der Waals surface area contributed by atoms with Crippen molar-refractivity contribution in [3.63, 3.8) is 0 Å². The number of nitrogens with one attached hydrogen (secondary N) is 1. The minimum Gasteiger partial charge on any atom is -0.481 e. The zero-order valence-corrected chi connectivity index (χ0v) is 15.4. The Labute approximate surface area is 158 Å². The number of carboxylic acids is 1. The van der Waals surface area contributed by atoms with Crippen LogP contribution in [0.5, 0.6) is 0 Å². The fraction of sp³-hybridized carbons (Fsp3) is 0.550. The maximum atomic E-state index is 12.5. The maximum Gasteiger partial charge on any atom is 0.306 e. The molecule has 1 atom stereocenters. The number of hydrogen-bond donors (Lipinski definition) is 2. The van der Waals surface area contributed by atoms with Crippen LogP contribution in [-0.2, 0) is 14.3 Å². The van der Waals surface area contributed by atoms with E-state index in [4.69, 9.17) is 9.84 Å². The lowest BCUT2D eigenvalue weighted by atomic mass is 9.96. The van der Waals surface area contributed by atoms with E-state index in [-0.39, 0.29) is 23.8 Å². The van der Waals surface area contributed by atoms with Gasteiger partial charge in [-0.25, -0.2) is 0 Å². The molecule has 2 fully saturated rings. The van der Waals surface area contributed by atoms with Gasteiger partial charge in [0.25, 0.3) is 5.91 Å². The van der Waals surface area contributed by atoms with Gasteiger partial charge in [-0.3, -0.25) is 14.4 Å². The van der Waals surface area contributed by atoms with Crippen LogP contribution in [0.2, 0.25) is 0 Å². The molecule has 2 aliphatic rings. The molecular weight excluding hydrogens is 348 g/mol. The van der Waals surface area contributed by atoms with Crippen LogP contribution < -0.4 is 5.32 Å². The van der Waals surface area contributed by atoms with Crippen LogP contribution in [0.15, 0.2) is 24.3 Å². The van der Waals surface area contributed by atoms with E-state index in [0.717, 1.165) is 25.9 Å². The number of nitrogens with zero attached hydrogens (tertiary/aromatic N) is 1. The van der Waals surface area contributed by atoms with Crippen molar-refractivity contribution in [1.29, 1.82) is 0 Å². The zero-order chi connectivity index (χ0) is 19.2. The van der Waals surface area contributed by atoms with Crippen molar-refractivity contribution in [3.8, 4) is 0 Å². The average Bonchev–Trinajstić information content (AvgIpc) is 2.69. The number of amides is 2. The lowest BCUT2D eigenvalue weighted by Crippen LogP contribution is -2.40. The summed E-state index contributed by atoms with van der Waals surface area (Å²) in [5.74, 6) is -1.34. The molecule has 3 rings (SSSR count). The van der Waals surface area contributed by atoms with E-state index in [9.17, 15) is 14.4 Å². The smallest absolute Gasteiger partial charge is 0.306 e. The van der Waals surface area contributed by atoms with Crippen LogP contribution in [0.4, 0.5) is 5.69 Å². The summed E-state index contributed by atoms with van der Waals surface area (Å²) in [4.78, 5) is 37.4. The Bertz CT molecular complexity index is 674. The van der Waals surface area contributed by atoms with Gasteiger partial charge in [0.05, 0.1) is 18.4 Å². The van der Waals surface area contributed by atoms with E-state index in [2.05, 4.69) is 5.32 Å². The summed E-state index contributed by atoms with van der Waals surface area (Å²) in [5, 5.41) is 11.9. The van der Waals surface area contributed by atoms with E-state index < -0.39 is 5.97 Å². The lowest BCUT2D eigenvalue weighted by Gasteiger charge is -2.30.